The number of esters is 1. The second-order valence-electron chi connectivity index (χ2n) is 9.78. The van der Waals surface area contributed by atoms with Crippen LogP contribution in [-0.2, 0) is 20.9 Å². The minimum absolute atomic E-state index is 0.0681. The van der Waals surface area contributed by atoms with E-state index in [9.17, 15) is 19.6 Å². The predicted octanol–water partition coefficient (Wildman–Crippen LogP) is 4.36. The fourth-order valence-electron chi connectivity index (χ4n) is 5.67. The number of nitrogens with zero attached hydrogens (tertiary/aromatic N) is 4. The van der Waals surface area contributed by atoms with Crippen LogP contribution < -0.4 is 10.5 Å². The highest BCUT2D eigenvalue weighted by Gasteiger charge is 2.38. The summed E-state index contributed by atoms with van der Waals surface area (Å²) in [5.74, 6) is -0.00994. The van der Waals surface area contributed by atoms with Crippen LogP contribution in [0, 0.1) is 24.2 Å². The Hall–Kier alpha value is -2.64. The van der Waals surface area contributed by atoms with E-state index in [1.54, 1.807) is 29.4 Å². The summed E-state index contributed by atoms with van der Waals surface area (Å²) < 4.78 is 7.43. The van der Waals surface area contributed by atoms with Crippen LogP contribution >= 0.6 is 24.0 Å². The molecule has 1 aromatic rings. The molecule has 2 saturated heterocycles. The maximum absolute atomic E-state index is 13.5. The molecule has 1 aromatic heterocycles. The second-order valence-corrected chi connectivity index (χ2v) is 11.5. The molecule has 37 heavy (non-hydrogen) atoms. The zero-order valence-electron chi connectivity index (χ0n) is 21.7. The van der Waals surface area contributed by atoms with Gasteiger partial charge in [-0.15, -0.1) is 0 Å². The molecule has 1 atom stereocenters. The molecule has 3 fully saturated rings. The van der Waals surface area contributed by atoms with Gasteiger partial charge in [-0.25, -0.2) is 0 Å². The Morgan fingerprint density at radius 3 is 2.57 bits per heavy atom. The van der Waals surface area contributed by atoms with Crippen LogP contribution in [0.5, 0.6) is 0 Å². The van der Waals surface area contributed by atoms with Gasteiger partial charge in [0.15, 0.2) is 0 Å². The molecule has 4 rings (SSSR count). The summed E-state index contributed by atoms with van der Waals surface area (Å²) in [5.41, 5.74) is 0.904. The van der Waals surface area contributed by atoms with Crippen molar-refractivity contribution in [2.45, 2.75) is 78.3 Å². The second kappa shape index (κ2) is 11.8. The van der Waals surface area contributed by atoms with Crippen LogP contribution in [0.4, 0.5) is 5.82 Å². The third-order valence-corrected chi connectivity index (χ3v) is 8.87. The van der Waals surface area contributed by atoms with Gasteiger partial charge in [0.1, 0.15) is 21.8 Å². The van der Waals surface area contributed by atoms with Gasteiger partial charge >= 0.3 is 5.97 Å². The number of pyridine rings is 1. The Bertz CT molecular complexity index is 1230. The van der Waals surface area contributed by atoms with Crippen molar-refractivity contribution in [3.05, 3.63) is 31.9 Å². The summed E-state index contributed by atoms with van der Waals surface area (Å²) in [7, 11) is 0. The summed E-state index contributed by atoms with van der Waals surface area (Å²) in [6.07, 6.45) is 8.55. The lowest BCUT2D eigenvalue weighted by Crippen LogP contribution is -2.43. The van der Waals surface area contributed by atoms with Crippen molar-refractivity contribution >= 4 is 52.1 Å². The first kappa shape index (κ1) is 27.4. The minimum atomic E-state index is -0.359. The van der Waals surface area contributed by atoms with Gasteiger partial charge in [0.25, 0.3) is 11.5 Å². The number of rotatable bonds is 6. The first-order valence-electron chi connectivity index (χ1n) is 13.2. The number of anilines is 1. The van der Waals surface area contributed by atoms with Crippen molar-refractivity contribution in [3.63, 3.8) is 0 Å². The Morgan fingerprint density at radius 1 is 1.19 bits per heavy atom. The van der Waals surface area contributed by atoms with Gasteiger partial charge in [0.2, 0.25) is 0 Å². The molecule has 1 saturated carbocycles. The first-order valence-corrected chi connectivity index (χ1v) is 14.4. The molecule has 10 heteroatoms. The molecule has 3 aliphatic rings. The molecule has 0 N–H and O–H groups in total. The Morgan fingerprint density at radius 2 is 1.92 bits per heavy atom. The zero-order chi connectivity index (χ0) is 26.7. The fraction of sp³-hybridized carbons (Fsp3) is 0.593. The lowest BCUT2D eigenvalue weighted by atomic mass is 9.94. The van der Waals surface area contributed by atoms with Gasteiger partial charge in [0.05, 0.1) is 17.4 Å². The largest absolute Gasteiger partial charge is 0.466 e. The smallest absolute Gasteiger partial charge is 0.310 e. The van der Waals surface area contributed by atoms with Crippen LogP contribution in [0.1, 0.15) is 75.5 Å². The maximum Gasteiger partial charge on any atom is 0.310 e. The molecule has 3 heterocycles. The number of amides is 1. The van der Waals surface area contributed by atoms with Crippen molar-refractivity contribution in [3.8, 4) is 6.07 Å². The maximum atomic E-state index is 13.5. The average molecular weight is 543 g/mol. The number of nitriles is 1. The molecule has 198 valence electrons. The van der Waals surface area contributed by atoms with E-state index in [4.69, 9.17) is 17.0 Å². The minimum Gasteiger partial charge on any atom is -0.466 e. The normalized spacial score (nSPS) is 22.0. The number of hydrogen-bond acceptors (Lipinski definition) is 8. The number of piperidine rings is 1. The molecule has 1 unspecified atom stereocenters. The standard InChI is InChI=1S/C27H34N4O4S2/c1-4-30-23(29-13-9-10-18(16-29)26(34)35-5-2)20(17(3)21(15-28)24(30)32)14-22-25(33)31(27(36)37-22)19-11-7-6-8-12-19/h14,18-19H,4-13,16H2,1-3H3. The van der Waals surface area contributed by atoms with Crippen molar-refractivity contribution in [2.24, 2.45) is 5.92 Å². The molecule has 0 radical (unpaired) electrons. The monoisotopic (exact) mass is 542 g/mol. The van der Waals surface area contributed by atoms with Gasteiger partial charge in [-0.1, -0.05) is 43.2 Å². The molecule has 0 aromatic carbocycles. The lowest BCUT2D eigenvalue weighted by molar-refractivity contribution is -0.148. The van der Waals surface area contributed by atoms with Gasteiger partial charge < -0.3 is 9.64 Å². The van der Waals surface area contributed by atoms with E-state index in [-0.39, 0.29) is 35.0 Å². The summed E-state index contributed by atoms with van der Waals surface area (Å²) in [5, 5.41) is 9.83. The van der Waals surface area contributed by atoms with Gasteiger partial charge in [-0.3, -0.25) is 23.9 Å². The number of thioether (sulfide) groups is 1. The number of carbonyl (C=O) groups is 2. The molecular formula is C27H34N4O4S2. The van der Waals surface area contributed by atoms with Crippen molar-refractivity contribution < 1.29 is 14.3 Å². The van der Waals surface area contributed by atoms with E-state index < -0.39 is 0 Å². The summed E-state index contributed by atoms with van der Waals surface area (Å²) in [6, 6.07) is 2.20. The molecule has 0 spiro atoms. The van der Waals surface area contributed by atoms with Gasteiger partial charge in [0, 0.05) is 31.2 Å². The summed E-state index contributed by atoms with van der Waals surface area (Å²) >= 11 is 6.91. The topological polar surface area (TPSA) is 95.6 Å². The van der Waals surface area contributed by atoms with E-state index in [2.05, 4.69) is 6.07 Å². The highest BCUT2D eigenvalue weighted by atomic mass is 32.2. The van der Waals surface area contributed by atoms with Gasteiger partial charge in [-0.2, -0.15) is 5.26 Å². The molecule has 0 bridgehead atoms. The van der Waals surface area contributed by atoms with Crippen molar-refractivity contribution in [1.82, 2.24) is 9.47 Å². The summed E-state index contributed by atoms with van der Waals surface area (Å²) in [4.78, 5) is 43.7. The quantitative estimate of drug-likeness (QED) is 0.297. The average Bonchev–Trinajstić information content (AvgIpc) is 3.18. The number of aromatic nitrogens is 1. The van der Waals surface area contributed by atoms with Crippen molar-refractivity contribution in [1.29, 1.82) is 5.26 Å². The van der Waals surface area contributed by atoms with Crippen molar-refractivity contribution in [2.75, 3.05) is 24.6 Å². The van der Waals surface area contributed by atoms with Crippen LogP contribution in [-0.4, -0.2) is 51.4 Å². The fourth-order valence-corrected chi connectivity index (χ4v) is 7.05. The van der Waals surface area contributed by atoms with E-state index in [1.165, 1.54) is 18.2 Å². The highest BCUT2D eigenvalue weighted by Crippen LogP contribution is 2.39. The molecule has 8 nitrogen and oxygen atoms in total. The highest BCUT2D eigenvalue weighted by molar-refractivity contribution is 8.26. The first-order chi connectivity index (χ1) is 17.8. The predicted molar refractivity (Wildman–Crippen MR) is 149 cm³/mol. The molecule has 1 aliphatic carbocycles. The Balaban J connectivity index is 1.80. The number of hydrogen-bond donors (Lipinski definition) is 0. The summed E-state index contributed by atoms with van der Waals surface area (Å²) in [6.45, 7) is 7.15. The number of ether oxygens (including phenoxy) is 1. The molecule has 2 aliphatic heterocycles. The number of thiocarbonyl (C=S) groups is 1. The van der Waals surface area contributed by atoms with Gasteiger partial charge in [-0.05, 0) is 58.1 Å². The number of carbonyl (C=O) groups excluding carboxylic acids is 2. The van der Waals surface area contributed by atoms with Crippen LogP contribution in [0.2, 0.25) is 0 Å². The SMILES string of the molecule is CCOC(=O)C1CCCN(c2c(C=C3SC(=S)N(C4CCCCC4)C3=O)c(C)c(C#N)c(=O)n2CC)C1. The van der Waals surface area contributed by atoms with E-state index in [1.807, 2.05) is 11.8 Å². The van der Waals surface area contributed by atoms with E-state index in [0.29, 0.717) is 52.4 Å². The van der Waals surface area contributed by atoms with E-state index >= 15 is 0 Å². The van der Waals surface area contributed by atoms with Crippen LogP contribution in [0.15, 0.2) is 9.70 Å². The Kier molecular flexibility index (Phi) is 8.75. The Labute approximate surface area is 227 Å². The third kappa shape index (κ3) is 5.34. The van der Waals surface area contributed by atoms with E-state index in [0.717, 1.165) is 38.5 Å². The molecular weight excluding hydrogens is 508 g/mol. The molecule has 1 amide bonds. The van der Waals surface area contributed by atoms with Crippen LogP contribution in [0.25, 0.3) is 6.08 Å². The van der Waals surface area contributed by atoms with Crippen LogP contribution in [0.3, 0.4) is 0 Å². The zero-order valence-corrected chi connectivity index (χ0v) is 23.4. The third-order valence-electron chi connectivity index (χ3n) is 7.54. The lowest BCUT2D eigenvalue weighted by Gasteiger charge is -2.36.